The first-order valence-electron chi connectivity index (χ1n) is 11.2. The maximum atomic E-state index is 5.77. The molecular weight excluding hydrogens is 364 g/mol. The van der Waals surface area contributed by atoms with Crippen LogP contribution in [0.15, 0.2) is 29.3 Å². The molecule has 0 saturated carbocycles. The van der Waals surface area contributed by atoms with Crippen LogP contribution in [0.2, 0.25) is 0 Å². The zero-order chi connectivity index (χ0) is 20.3. The lowest BCUT2D eigenvalue weighted by Gasteiger charge is -2.29. The Hall–Kier alpha value is -1.79. The van der Waals surface area contributed by atoms with Crippen LogP contribution in [0.5, 0.6) is 0 Å². The number of guanidine groups is 1. The molecule has 0 spiro atoms. The molecule has 1 aromatic carbocycles. The number of aliphatic imine (C=N–C) groups is 1. The van der Waals surface area contributed by atoms with Crippen molar-refractivity contribution >= 4 is 11.6 Å². The highest BCUT2D eigenvalue weighted by molar-refractivity contribution is 5.79. The van der Waals surface area contributed by atoms with Gasteiger partial charge in [-0.05, 0) is 49.8 Å². The van der Waals surface area contributed by atoms with Crippen molar-refractivity contribution in [3.05, 3.63) is 29.8 Å². The Morgan fingerprint density at radius 2 is 2.03 bits per heavy atom. The van der Waals surface area contributed by atoms with Gasteiger partial charge in [0.05, 0.1) is 13.2 Å². The van der Waals surface area contributed by atoms with Crippen molar-refractivity contribution in [2.75, 3.05) is 65.1 Å². The van der Waals surface area contributed by atoms with Crippen molar-refractivity contribution in [3.8, 4) is 0 Å². The molecule has 0 amide bonds. The van der Waals surface area contributed by atoms with E-state index in [2.05, 4.69) is 51.4 Å². The molecule has 2 fully saturated rings. The van der Waals surface area contributed by atoms with Crippen molar-refractivity contribution in [2.24, 2.45) is 10.9 Å². The van der Waals surface area contributed by atoms with Crippen LogP contribution >= 0.6 is 0 Å². The zero-order valence-corrected chi connectivity index (χ0v) is 18.2. The molecule has 3 rings (SSSR count). The first-order chi connectivity index (χ1) is 14.3. The Bertz CT molecular complexity index is 608. The van der Waals surface area contributed by atoms with E-state index in [1.54, 1.807) is 0 Å². The number of rotatable bonds is 9. The summed E-state index contributed by atoms with van der Waals surface area (Å²) < 4.78 is 11.2. The van der Waals surface area contributed by atoms with Crippen LogP contribution in [0, 0.1) is 5.92 Å². The number of benzene rings is 1. The third kappa shape index (κ3) is 7.19. The van der Waals surface area contributed by atoms with Crippen molar-refractivity contribution in [2.45, 2.75) is 38.6 Å². The summed E-state index contributed by atoms with van der Waals surface area (Å²) >= 11 is 0. The van der Waals surface area contributed by atoms with E-state index >= 15 is 0 Å². The van der Waals surface area contributed by atoms with Gasteiger partial charge in [0, 0.05) is 65.1 Å². The average molecular weight is 403 g/mol. The minimum absolute atomic E-state index is 0.586. The Kier molecular flexibility index (Phi) is 9.09. The minimum atomic E-state index is 0.586. The van der Waals surface area contributed by atoms with Crippen LogP contribution < -0.4 is 10.2 Å². The number of hydrogen-bond donors (Lipinski definition) is 1. The maximum Gasteiger partial charge on any atom is 0.193 e. The second kappa shape index (κ2) is 12.0. The lowest BCUT2D eigenvalue weighted by atomic mass is 10.1. The monoisotopic (exact) mass is 402 g/mol. The van der Waals surface area contributed by atoms with E-state index in [4.69, 9.17) is 9.47 Å². The standard InChI is InChI=1S/C23H38N4O2/c1-24-23(25-12-6-15-28-18-21-11-16-29-19-21)26(2)17-20-7-9-22(10-8-20)27-13-4-3-5-14-27/h7-10,21H,3-6,11-19H2,1-2H3,(H,24,25). The molecular formula is C23H38N4O2. The molecule has 0 radical (unpaired) electrons. The largest absolute Gasteiger partial charge is 0.381 e. The van der Waals surface area contributed by atoms with Crippen LogP contribution in [0.25, 0.3) is 0 Å². The van der Waals surface area contributed by atoms with Gasteiger partial charge in [-0.3, -0.25) is 4.99 Å². The molecule has 0 bridgehead atoms. The number of anilines is 1. The van der Waals surface area contributed by atoms with Gasteiger partial charge in [0.15, 0.2) is 5.96 Å². The summed E-state index contributed by atoms with van der Waals surface area (Å²) in [6.07, 6.45) is 6.10. The molecule has 1 aromatic rings. The van der Waals surface area contributed by atoms with Gasteiger partial charge in [0.1, 0.15) is 0 Å². The van der Waals surface area contributed by atoms with Crippen LogP contribution in [0.1, 0.15) is 37.7 Å². The van der Waals surface area contributed by atoms with Gasteiger partial charge < -0.3 is 24.6 Å². The highest BCUT2D eigenvalue weighted by Gasteiger charge is 2.15. The molecule has 162 valence electrons. The predicted octanol–water partition coefficient (Wildman–Crippen LogP) is 3.13. The number of nitrogens with one attached hydrogen (secondary N) is 1. The number of piperidine rings is 1. The molecule has 6 heteroatoms. The normalized spacial score (nSPS) is 20.1. The SMILES string of the molecule is CN=C(NCCCOCC1CCOC1)N(C)Cc1ccc(N2CCCCC2)cc1. The van der Waals surface area contributed by atoms with Gasteiger partial charge >= 0.3 is 0 Å². The molecule has 0 aliphatic carbocycles. The smallest absolute Gasteiger partial charge is 0.193 e. The fraction of sp³-hybridized carbons (Fsp3) is 0.696. The lowest BCUT2D eigenvalue weighted by molar-refractivity contribution is 0.0887. The van der Waals surface area contributed by atoms with Gasteiger partial charge in [0.25, 0.3) is 0 Å². The first kappa shape index (κ1) is 21.9. The summed E-state index contributed by atoms with van der Waals surface area (Å²) in [5.74, 6) is 1.51. The first-order valence-corrected chi connectivity index (χ1v) is 11.2. The summed E-state index contributed by atoms with van der Waals surface area (Å²) in [7, 11) is 3.93. The number of hydrogen-bond acceptors (Lipinski definition) is 4. The van der Waals surface area contributed by atoms with Gasteiger partial charge in [-0.1, -0.05) is 12.1 Å². The van der Waals surface area contributed by atoms with E-state index in [1.165, 1.54) is 43.6 Å². The van der Waals surface area contributed by atoms with E-state index in [9.17, 15) is 0 Å². The van der Waals surface area contributed by atoms with Gasteiger partial charge in [0.2, 0.25) is 0 Å². The molecule has 0 aromatic heterocycles. The average Bonchev–Trinajstić information content (AvgIpc) is 3.28. The fourth-order valence-electron chi connectivity index (χ4n) is 4.04. The van der Waals surface area contributed by atoms with E-state index in [0.717, 1.165) is 58.3 Å². The molecule has 1 unspecified atom stereocenters. The van der Waals surface area contributed by atoms with Crippen LogP contribution in [0.3, 0.4) is 0 Å². The zero-order valence-electron chi connectivity index (χ0n) is 18.2. The Morgan fingerprint density at radius 1 is 1.24 bits per heavy atom. The molecule has 1 N–H and O–H groups in total. The Balaban J connectivity index is 1.34. The van der Waals surface area contributed by atoms with Crippen molar-refractivity contribution < 1.29 is 9.47 Å². The number of ether oxygens (including phenoxy) is 2. The molecule has 1 atom stereocenters. The molecule has 2 aliphatic rings. The van der Waals surface area contributed by atoms with Gasteiger partial charge in [-0.15, -0.1) is 0 Å². The third-order valence-corrected chi connectivity index (χ3v) is 5.78. The second-order valence-corrected chi connectivity index (χ2v) is 8.20. The summed E-state index contributed by atoms with van der Waals surface area (Å²) in [6.45, 7) is 7.43. The Labute approximate surface area is 176 Å². The molecule has 29 heavy (non-hydrogen) atoms. The topological polar surface area (TPSA) is 49.3 Å². The summed E-state index contributed by atoms with van der Waals surface area (Å²) in [6, 6.07) is 9.01. The number of nitrogens with zero attached hydrogens (tertiary/aromatic N) is 3. The summed E-state index contributed by atoms with van der Waals surface area (Å²) in [5, 5.41) is 3.44. The van der Waals surface area contributed by atoms with Crippen molar-refractivity contribution in [3.63, 3.8) is 0 Å². The Morgan fingerprint density at radius 3 is 2.72 bits per heavy atom. The summed E-state index contributed by atoms with van der Waals surface area (Å²) in [4.78, 5) is 9.09. The molecule has 2 saturated heterocycles. The highest BCUT2D eigenvalue weighted by Crippen LogP contribution is 2.20. The third-order valence-electron chi connectivity index (χ3n) is 5.78. The quantitative estimate of drug-likeness (QED) is 0.391. The van der Waals surface area contributed by atoms with Crippen LogP contribution in [0.4, 0.5) is 5.69 Å². The van der Waals surface area contributed by atoms with E-state index < -0.39 is 0 Å². The van der Waals surface area contributed by atoms with Crippen molar-refractivity contribution in [1.29, 1.82) is 0 Å². The van der Waals surface area contributed by atoms with E-state index in [1.807, 2.05) is 7.05 Å². The molecule has 2 heterocycles. The van der Waals surface area contributed by atoms with Crippen LogP contribution in [-0.2, 0) is 16.0 Å². The minimum Gasteiger partial charge on any atom is -0.381 e. The summed E-state index contributed by atoms with van der Waals surface area (Å²) in [5.41, 5.74) is 2.65. The van der Waals surface area contributed by atoms with Crippen LogP contribution in [-0.4, -0.2) is 71.0 Å². The fourth-order valence-corrected chi connectivity index (χ4v) is 4.04. The molecule has 2 aliphatic heterocycles. The highest BCUT2D eigenvalue weighted by atomic mass is 16.5. The van der Waals surface area contributed by atoms with Gasteiger partial charge in [-0.2, -0.15) is 0 Å². The van der Waals surface area contributed by atoms with Crippen molar-refractivity contribution in [1.82, 2.24) is 10.2 Å². The van der Waals surface area contributed by atoms with E-state index in [0.29, 0.717) is 5.92 Å². The predicted molar refractivity (Wildman–Crippen MR) is 120 cm³/mol. The van der Waals surface area contributed by atoms with E-state index in [-0.39, 0.29) is 0 Å². The molecule has 6 nitrogen and oxygen atoms in total. The lowest BCUT2D eigenvalue weighted by Crippen LogP contribution is -2.39. The maximum absolute atomic E-state index is 5.77. The second-order valence-electron chi connectivity index (χ2n) is 8.20. The van der Waals surface area contributed by atoms with Gasteiger partial charge in [-0.25, -0.2) is 0 Å².